The molecule has 0 spiro atoms. The van der Waals surface area contributed by atoms with E-state index in [0.717, 1.165) is 58.1 Å². The summed E-state index contributed by atoms with van der Waals surface area (Å²) in [5.74, 6) is 0.214. The predicted octanol–water partition coefficient (Wildman–Crippen LogP) is 2.51. The lowest BCUT2D eigenvalue weighted by Gasteiger charge is -2.40. The molecule has 1 aromatic rings. The minimum absolute atomic E-state index is 0.118. The van der Waals surface area contributed by atoms with E-state index >= 15 is 0 Å². The molecule has 0 N–H and O–H groups in total. The van der Waals surface area contributed by atoms with Crippen LogP contribution >= 0.6 is 0 Å². The summed E-state index contributed by atoms with van der Waals surface area (Å²) < 4.78 is 0. The van der Waals surface area contributed by atoms with Gasteiger partial charge in [0.25, 0.3) is 5.70 Å². The van der Waals surface area contributed by atoms with Crippen LogP contribution in [0.1, 0.15) is 24.9 Å². The Morgan fingerprint density at radius 2 is 1.70 bits per heavy atom. The second kappa shape index (κ2) is 10.8. The summed E-state index contributed by atoms with van der Waals surface area (Å²) in [6, 6.07) is 10.9. The van der Waals surface area contributed by atoms with E-state index in [4.69, 9.17) is 0 Å². The quantitative estimate of drug-likeness (QED) is 0.489. The van der Waals surface area contributed by atoms with E-state index in [0.29, 0.717) is 19.0 Å². The fourth-order valence-corrected chi connectivity index (χ4v) is 4.75. The smallest absolute Gasteiger partial charge is 0.269 e. The first-order valence-corrected chi connectivity index (χ1v) is 11.8. The van der Waals surface area contributed by atoms with Crippen molar-refractivity contribution in [3.8, 4) is 0 Å². The monoisotopic (exact) mass is 451 g/mol. The summed E-state index contributed by atoms with van der Waals surface area (Å²) in [6.45, 7) is 9.36. The van der Waals surface area contributed by atoms with Gasteiger partial charge in [-0.25, -0.2) is 0 Å². The molecule has 33 heavy (non-hydrogen) atoms. The van der Waals surface area contributed by atoms with Crippen LogP contribution in [0.4, 0.5) is 0 Å². The van der Waals surface area contributed by atoms with E-state index in [1.807, 2.05) is 23.1 Å². The van der Waals surface area contributed by atoms with Gasteiger partial charge in [0.05, 0.1) is 11.5 Å². The van der Waals surface area contributed by atoms with Crippen LogP contribution in [0.5, 0.6) is 0 Å². The lowest BCUT2D eigenvalue weighted by Crippen LogP contribution is -2.53. The summed E-state index contributed by atoms with van der Waals surface area (Å²) in [5, 5.41) is 11.0. The Morgan fingerprint density at radius 1 is 1.00 bits per heavy atom. The Bertz CT molecular complexity index is 927. The second-order valence-electron chi connectivity index (χ2n) is 8.88. The lowest BCUT2D eigenvalue weighted by molar-refractivity contribution is -0.419. The summed E-state index contributed by atoms with van der Waals surface area (Å²) in [4.78, 5) is 32.5. The third-order valence-electron chi connectivity index (χ3n) is 6.91. The summed E-state index contributed by atoms with van der Waals surface area (Å²) in [6.07, 6.45) is 7.54. The molecule has 0 saturated carbocycles. The zero-order valence-corrected chi connectivity index (χ0v) is 19.3. The molecule has 3 aliphatic rings. The van der Waals surface area contributed by atoms with Gasteiger partial charge in [0, 0.05) is 82.7 Å². The van der Waals surface area contributed by atoms with Crippen molar-refractivity contribution in [2.24, 2.45) is 0 Å². The molecular formula is C25H33N5O3. The maximum atomic E-state index is 12.9. The zero-order chi connectivity index (χ0) is 23.2. The Balaban J connectivity index is 1.22. The molecule has 2 aliphatic heterocycles. The normalized spacial score (nSPS) is 21.2. The van der Waals surface area contributed by atoms with Gasteiger partial charge in [-0.2, -0.15) is 0 Å². The maximum Gasteiger partial charge on any atom is 0.269 e. The van der Waals surface area contributed by atoms with Crippen molar-refractivity contribution in [3.05, 3.63) is 81.7 Å². The van der Waals surface area contributed by atoms with Crippen molar-refractivity contribution in [1.82, 2.24) is 19.6 Å². The van der Waals surface area contributed by atoms with E-state index in [2.05, 4.69) is 45.9 Å². The summed E-state index contributed by atoms with van der Waals surface area (Å²) in [5.41, 5.74) is 2.53. The average Bonchev–Trinajstić information content (AvgIpc) is 3.11. The Labute approximate surface area is 195 Å². The van der Waals surface area contributed by atoms with E-state index in [1.165, 1.54) is 5.56 Å². The molecule has 0 bridgehead atoms. The molecule has 4 rings (SSSR count). The number of carbonyl (C=O) groups is 1. The van der Waals surface area contributed by atoms with Crippen molar-refractivity contribution in [1.29, 1.82) is 0 Å². The van der Waals surface area contributed by atoms with Crippen molar-refractivity contribution in [3.63, 3.8) is 0 Å². The molecule has 2 fully saturated rings. The van der Waals surface area contributed by atoms with Gasteiger partial charge < -0.3 is 9.80 Å². The van der Waals surface area contributed by atoms with Gasteiger partial charge in [-0.3, -0.25) is 24.7 Å². The minimum atomic E-state index is -0.359. The molecule has 2 saturated heterocycles. The molecule has 1 unspecified atom stereocenters. The van der Waals surface area contributed by atoms with Crippen LogP contribution in [0.2, 0.25) is 0 Å². The van der Waals surface area contributed by atoms with Gasteiger partial charge >= 0.3 is 0 Å². The number of hydrogen-bond acceptors (Lipinski definition) is 6. The van der Waals surface area contributed by atoms with Crippen LogP contribution in [0.3, 0.4) is 0 Å². The van der Waals surface area contributed by atoms with Crippen LogP contribution in [-0.4, -0.2) is 89.3 Å². The van der Waals surface area contributed by atoms with Crippen molar-refractivity contribution in [2.45, 2.75) is 19.4 Å². The number of piperazine rings is 2. The minimum Gasteiger partial charge on any atom is -0.372 e. The number of hydrogen-bond donors (Lipinski definition) is 0. The number of amides is 1. The average molecular weight is 452 g/mol. The van der Waals surface area contributed by atoms with Crippen LogP contribution in [0, 0.1) is 10.1 Å². The zero-order valence-electron chi connectivity index (χ0n) is 19.3. The maximum absolute atomic E-state index is 12.9. The SMILES string of the molecule is CC(c1ccccc1)N1CCN(C(=O)CN2CCN(C3=CC=C([N+](=O)[O-])C=CC3)CC2)CC1. The van der Waals surface area contributed by atoms with Crippen LogP contribution in [0.25, 0.3) is 0 Å². The molecule has 1 aromatic carbocycles. The molecule has 2 heterocycles. The van der Waals surface area contributed by atoms with Crippen molar-refractivity contribution >= 4 is 5.91 Å². The molecule has 176 valence electrons. The van der Waals surface area contributed by atoms with E-state index in [1.54, 1.807) is 12.2 Å². The lowest BCUT2D eigenvalue weighted by atomic mass is 10.1. The fraction of sp³-hybridized carbons (Fsp3) is 0.480. The third kappa shape index (κ3) is 5.89. The van der Waals surface area contributed by atoms with E-state index in [9.17, 15) is 14.9 Å². The van der Waals surface area contributed by atoms with Gasteiger partial charge in [-0.1, -0.05) is 36.4 Å². The molecule has 1 amide bonds. The van der Waals surface area contributed by atoms with Gasteiger partial charge in [0.1, 0.15) is 0 Å². The molecule has 8 heteroatoms. The Kier molecular flexibility index (Phi) is 7.57. The number of nitro groups is 1. The van der Waals surface area contributed by atoms with Crippen molar-refractivity contribution < 1.29 is 9.72 Å². The topological polar surface area (TPSA) is 73.2 Å². The first-order valence-electron chi connectivity index (χ1n) is 11.8. The van der Waals surface area contributed by atoms with Crippen LogP contribution in [0.15, 0.2) is 66.0 Å². The van der Waals surface area contributed by atoms with Gasteiger partial charge in [-0.05, 0) is 18.6 Å². The van der Waals surface area contributed by atoms with Crippen LogP contribution in [-0.2, 0) is 4.79 Å². The number of rotatable bonds is 6. The molecule has 1 aliphatic carbocycles. The first-order chi connectivity index (χ1) is 16.0. The standard InChI is InChI=1S/C25H33N5O3/c1-21(22-6-3-2-4-7-22)27-16-18-29(19-17-27)25(31)20-26-12-14-28(15-13-26)23-8-5-9-24(11-10-23)30(32)33/h2-7,9-11,21H,8,12-20H2,1H3. The molecule has 1 atom stereocenters. The van der Waals surface area contributed by atoms with Crippen LogP contribution < -0.4 is 0 Å². The van der Waals surface area contributed by atoms with E-state index < -0.39 is 0 Å². The molecule has 0 radical (unpaired) electrons. The van der Waals surface area contributed by atoms with Gasteiger partial charge in [0.15, 0.2) is 0 Å². The Morgan fingerprint density at radius 3 is 2.36 bits per heavy atom. The number of carbonyl (C=O) groups excluding carboxylic acids is 1. The van der Waals surface area contributed by atoms with E-state index in [-0.39, 0.29) is 16.5 Å². The summed E-state index contributed by atoms with van der Waals surface area (Å²) >= 11 is 0. The summed E-state index contributed by atoms with van der Waals surface area (Å²) in [7, 11) is 0. The number of nitrogens with zero attached hydrogens (tertiary/aromatic N) is 5. The predicted molar refractivity (Wildman–Crippen MR) is 128 cm³/mol. The number of benzene rings is 1. The van der Waals surface area contributed by atoms with Gasteiger partial charge in [0.2, 0.25) is 5.91 Å². The fourth-order valence-electron chi connectivity index (χ4n) is 4.75. The van der Waals surface area contributed by atoms with Crippen molar-refractivity contribution in [2.75, 3.05) is 58.9 Å². The highest BCUT2D eigenvalue weighted by Crippen LogP contribution is 2.22. The first kappa shape index (κ1) is 23.2. The highest BCUT2D eigenvalue weighted by molar-refractivity contribution is 5.78. The highest BCUT2D eigenvalue weighted by atomic mass is 16.6. The largest absolute Gasteiger partial charge is 0.372 e. The Hall–Kier alpha value is -2.97. The molecule has 8 nitrogen and oxygen atoms in total. The second-order valence-corrected chi connectivity index (χ2v) is 8.88. The van der Waals surface area contributed by atoms with Gasteiger partial charge in [-0.15, -0.1) is 0 Å². The number of allylic oxidation sites excluding steroid dienone is 4. The third-order valence-corrected chi connectivity index (χ3v) is 6.91. The molecule has 0 aromatic heterocycles. The molecular weight excluding hydrogens is 418 g/mol. The highest BCUT2D eigenvalue weighted by Gasteiger charge is 2.27.